The monoisotopic (exact) mass is 366 g/mol. The first-order chi connectivity index (χ1) is 12.5. The topological polar surface area (TPSA) is 68.3 Å². The highest BCUT2D eigenvalue weighted by Gasteiger charge is 2.18. The molecular formula is C20H18N2O3S. The number of allylic oxidation sites excluding steroid dienone is 1. The predicted molar refractivity (Wildman–Crippen MR) is 103 cm³/mol. The number of nitrogens with zero attached hydrogens (tertiary/aromatic N) is 1. The number of hydrogen-bond donors (Lipinski definition) is 1. The molecule has 0 saturated carbocycles. The number of anilines is 1. The molecule has 0 atom stereocenters. The van der Waals surface area contributed by atoms with Crippen LogP contribution in [0.3, 0.4) is 0 Å². The van der Waals surface area contributed by atoms with E-state index < -0.39 is 10.0 Å². The third-order valence-electron chi connectivity index (χ3n) is 3.60. The van der Waals surface area contributed by atoms with Crippen molar-refractivity contribution in [3.8, 4) is 11.5 Å². The minimum absolute atomic E-state index is 0.114. The van der Waals surface area contributed by atoms with E-state index >= 15 is 0 Å². The molecular weight excluding hydrogens is 348 g/mol. The molecule has 0 fully saturated rings. The summed E-state index contributed by atoms with van der Waals surface area (Å²) in [5.41, 5.74) is 1.56. The molecule has 0 unspecified atom stereocenters. The molecule has 0 saturated heterocycles. The van der Waals surface area contributed by atoms with Crippen molar-refractivity contribution >= 4 is 21.4 Å². The lowest BCUT2D eigenvalue weighted by Gasteiger charge is -2.14. The van der Waals surface area contributed by atoms with Crippen LogP contribution >= 0.6 is 0 Å². The molecule has 0 amide bonds. The zero-order valence-corrected chi connectivity index (χ0v) is 15.0. The van der Waals surface area contributed by atoms with Crippen LogP contribution in [0.2, 0.25) is 0 Å². The second kappa shape index (κ2) is 7.41. The number of nitrogens with one attached hydrogen (secondary N) is 1. The van der Waals surface area contributed by atoms with Gasteiger partial charge >= 0.3 is 0 Å². The summed E-state index contributed by atoms with van der Waals surface area (Å²) in [6.45, 7) is 5.74. The lowest BCUT2D eigenvalue weighted by Crippen LogP contribution is -2.14. The van der Waals surface area contributed by atoms with Gasteiger partial charge in [-0.1, -0.05) is 43.0 Å². The van der Waals surface area contributed by atoms with Crippen LogP contribution in [-0.2, 0) is 10.0 Å². The van der Waals surface area contributed by atoms with Gasteiger partial charge in [0.25, 0.3) is 10.0 Å². The quantitative estimate of drug-likeness (QED) is 0.686. The van der Waals surface area contributed by atoms with Crippen LogP contribution in [0.4, 0.5) is 5.82 Å². The summed E-state index contributed by atoms with van der Waals surface area (Å²) in [5.74, 6) is 0.993. The molecule has 0 radical (unpaired) electrons. The summed E-state index contributed by atoms with van der Waals surface area (Å²) in [6.07, 6.45) is 1.56. The van der Waals surface area contributed by atoms with Crippen LogP contribution in [0.25, 0.3) is 5.57 Å². The number of sulfonamides is 1. The van der Waals surface area contributed by atoms with Gasteiger partial charge in [0.05, 0.1) is 4.90 Å². The molecule has 5 nitrogen and oxygen atoms in total. The highest BCUT2D eigenvalue weighted by Crippen LogP contribution is 2.31. The molecule has 3 rings (SSSR count). The average Bonchev–Trinajstić information content (AvgIpc) is 2.64. The Kier molecular flexibility index (Phi) is 5.04. The van der Waals surface area contributed by atoms with Crippen LogP contribution < -0.4 is 9.46 Å². The molecule has 0 aliphatic carbocycles. The predicted octanol–water partition coefficient (Wildman–Crippen LogP) is 4.71. The van der Waals surface area contributed by atoms with E-state index in [9.17, 15) is 8.42 Å². The molecule has 0 aliphatic rings. The molecule has 0 bridgehead atoms. The van der Waals surface area contributed by atoms with E-state index in [0.29, 0.717) is 11.5 Å². The number of ether oxygens (including phenoxy) is 1. The first-order valence-electron chi connectivity index (χ1n) is 7.92. The first-order valence-corrected chi connectivity index (χ1v) is 9.41. The Balaban J connectivity index is 1.99. The minimum Gasteiger partial charge on any atom is -0.453 e. The molecule has 132 valence electrons. The first kappa shape index (κ1) is 17.7. The van der Waals surface area contributed by atoms with Gasteiger partial charge in [-0.3, -0.25) is 4.72 Å². The summed E-state index contributed by atoms with van der Waals surface area (Å²) in [6, 6.07) is 18.9. The third-order valence-corrected chi connectivity index (χ3v) is 4.96. The van der Waals surface area contributed by atoms with Crippen molar-refractivity contribution in [3.05, 3.63) is 85.1 Å². The van der Waals surface area contributed by atoms with E-state index in [1.54, 1.807) is 42.6 Å². The van der Waals surface area contributed by atoms with Crippen LogP contribution in [0.1, 0.15) is 12.5 Å². The van der Waals surface area contributed by atoms with Gasteiger partial charge in [-0.25, -0.2) is 13.4 Å². The Labute approximate surface area is 153 Å². The number of hydrogen-bond acceptors (Lipinski definition) is 4. The SMILES string of the molecule is C=C(C)c1cnc(NS(=O)(=O)c2ccccc2)c(Oc2ccccc2)c1. The lowest BCUT2D eigenvalue weighted by molar-refractivity contribution is 0.482. The highest BCUT2D eigenvalue weighted by molar-refractivity contribution is 7.92. The van der Waals surface area contributed by atoms with Crippen molar-refractivity contribution in [2.75, 3.05) is 4.72 Å². The highest BCUT2D eigenvalue weighted by atomic mass is 32.2. The Hall–Kier alpha value is -3.12. The Morgan fingerprint density at radius 2 is 1.65 bits per heavy atom. The maximum atomic E-state index is 12.6. The maximum absolute atomic E-state index is 12.6. The van der Waals surface area contributed by atoms with Crippen LogP contribution in [-0.4, -0.2) is 13.4 Å². The van der Waals surface area contributed by atoms with Gasteiger partial charge in [0.2, 0.25) is 0 Å². The number of rotatable bonds is 6. The van der Waals surface area contributed by atoms with Crippen molar-refractivity contribution in [2.45, 2.75) is 11.8 Å². The lowest BCUT2D eigenvalue weighted by atomic mass is 10.1. The fourth-order valence-corrected chi connectivity index (χ4v) is 3.27. The number of aromatic nitrogens is 1. The number of benzene rings is 2. The molecule has 1 heterocycles. The van der Waals surface area contributed by atoms with Crippen LogP contribution in [0, 0.1) is 0 Å². The zero-order valence-electron chi connectivity index (χ0n) is 14.2. The molecule has 0 aliphatic heterocycles. The van der Waals surface area contributed by atoms with Gasteiger partial charge < -0.3 is 4.74 Å². The molecule has 2 aromatic carbocycles. The Bertz CT molecular complexity index is 1020. The van der Waals surface area contributed by atoms with E-state index in [2.05, 4.69) is 16.3 Å². The fraction of sp³-hybridized carbons (Fsp3) is 0.0500. The zero-order chi connectivity index (χ0) is 18.6. The number of pyridine rings is 1. The van der Waals surface area contributed by atoms with Gasteiger partial charge in [-0.2, -0.15) is 0 Å². The van der Waals surface area contributed by atoms with Crippen molar-refractivity contribution in [3.63, 3.8) is 0 Å². The van der Waals surface area contributed by atoms with Crippen LogP contribution in [0.15, 0.2) is 84.4 Å². The van der Waals surface area contributed by atoms with E-state index in [4.69, 9.17) is 4.74 Å². The van der Waals surface area contributed by atoms with E-state index in [0.717, 1.165) is 11.1 Å². The molecule has 3 aromatic rings. The standard InChI is InChI=1S/C20H18N2O3S/c1-15(2)16-13-19(25-17-9-5-3-6-10-17)20(21-14-16)22-26(23,24)18-11-7-4-8-12-18/h3-14H,1H2,2H3,(H,21,22). The van der Waals surface area contributed by atoms with Gasteiger partial charge in [0, 0.05) is 6.20 Å². The molecule has 6 heteroatoms. The van der Waals surface area contributed by atoms with Gasteiger partial charge in [-0.15, -0.1) is 0 Å². The summed E-state index contributed by atoms with van der Waals surface area (Å²) < 4.78 is 33.5. The summed E-state index contributed by atoms with van der Waals surface area (Å²) >= 11 is 0. The van der Waals surface area contributed by atoms with Crippen LogP contribution in [0.5, 0.6) is 11.5 Å². The summed E-state index contributed by atoms with van der Waals surface area (Å²) in [4.78, 5) is 4.38. The van der Waals surface area contributed by atoms with Crippen molar-refractivity contribution in [2.24, 2.45) is 0 Å². The van der Waals surface area contributed by atoms with Crippen molar-refractivity contribution < 1.29 is 13.2 Å². The van der Waals surface area contributed by atoms with E-state index in [1.807, 2.05) is 25.1 Å². The number of para-hydroxylation sites is 1. The smallest absolute Gasteiger partial charge is 0.263 e. The minimum atomic E-state index is -3.78. The second-order valence-corrected chi connectivity index (χ2v) is 7.37. The van der Waals surface area contributed by atoms with E-state index in [-0.39, 0.29) is 10.7 Å². The summed E-state index contributed by atoms with van der Waals surface area (Å²) in [7, 11) is -3.78. The van der Waals surface area contributed by atoms with E-state index in [1.165, 1.54) is 12.1 Å². The molecule has 1 aromatic heterocycles. The van der Waals surface area contributed by atoms with Gasteiger partial charge in [0.1, 0.15) is 5.75 Å². The normalized spacial score (nSPS) is 11.0. The van der Waals surface area contributed by atoms with Gasteiger partial charge in [-0.05, 0) is 48.4 Å². The van der Waals surface area contributed by atoms with Crippen molar-refractivity contribution in [1.82, 2.24) is 4.98 Å². The Morgan fingerprint density at radius 1 is 1.04 bits per heavy atom. The third kappa shape index (κ3) is 4.10. The second-order valence-electron chi connectivity index (χ2n) is 5.68. The molecule has 1 N–H and O–H groups in total. The molecule has 26 heavy (non-hydrogen) atoms. The largest absolute Gasteiger partial charge is 0.453 e. The summed E-state index contributed by atoms with van der Waals surface area (Å²) in [5, 5.41) is 0. The maximum Gasteiger partial charge on any atom is 0.263 e. The fourth-order valence-electron chi connectivity index (χ4n) is 2.23. The Morgan fingerprint density at radius 3 is 2.27 bits per heavy atom. The average molecular weight is 366 g/mol. The van der Waals surface area contributed by atoms with Crippen molar-refractivity contribution in [1.29, 1.82) is 0 Å². The molecule has 0 spiro atoms. The van der Waals surface area contributed by atoms with Gasteiger partial charge in [0.15, 0.2) is 11.6 Å².